The second-order valence-electron chi connectivity index (χ2n) is 2.86. The number of halogens is 3. The molecular weight excluding hydrogens is 217 g/mol. The summed E-state index contributed by atoms with van der Waals surface area (Å²) in [4.78, 5) is 3.65. The molecule has 1 rings (SSSR count). The fourth-order valence-corrected chi connectivity index (χ4v) is 0.919. The van der Waals surface area contributed by atoms with Crippen LogP contribution in [-0.2, 0) is 6.18 Å². The van der Waals surface area contributed by atoms with Gasteiger partial charge in [0.05, 0.1) is 5.56 Å². The van der Waals surface area contributed by atoms with Gasteiger partial charge in [-0.15, -0.1) is 0 Å². The minimum absolute atomic E-state index is 0.472. The molecule has 1 heterocycles. The van der Waals surface area contributed by atoms with Gasteiger partial charge in [0.15, 0.2) is 0 Å². The van der Waals surface area contributed by atoms with Crippen molar-refractivity contribution in [2.24, 2.45) is 0 Å². The topological polar surface area (TPSA) is 24.9 Å². The number of alkyl halides is 3. The SMILES string of the molecule is CC.CCCNc1ccc(C(F)(F)F)cn1. The van der Waals surface area contributed by atoms with Gasteiger partial charge in [-0.05, 0) is 18.6 Å². The van der Waals surface area contributed by atoms with E-state index in [-0.39, 0.29) is 0 Å². The van der Waals surface area contributed by atoms with Gasteiger partial charge in [-0.1, -0.05) is 20.8 Å². The average molecular weight is 234 g/mol. The first-order valence-electron chi connectivity index (χ1n) is 5.31. The largest absolute Gasteiger partial charge is 0.417 e. The van der Waals surface area contributed by atoms with Crippen LogP contribution in [0.15, 0.2) is 18.3 Å². The number of pyridine rings is 1. The molecule has 0 aliphatic rings. The Bertz CT molecular complexity index is 280. The first-order chi connectivity index (χ1) is 7.54. The number of anilines is 1. The van der Waals surface area contributed by atoms with Crippen molar-refractivity contribution in [1.82, 2.24) is 4.98 Å². The molecule has 16 heavy (non-hydrogen) atoms. The highest BCUT2D eigenvalue weighted by Gasteiger charge is 2.30. The zero-order valence-corrected chi connectivity index (χ0v) is 9.73. The Labute approximate surface area is 93.9 Å². The van der Waals surface area contributed by atoms with Crippen LogP contribution in [0.2, 0.25) is 0 Å². The predicted octanol–water partition coefficient (Wildman–Crippen LogP) is 3.95. The summed E-state index contributed by atoms with van der Waals surface area (Å²) >= 11 is 0. The molecule has 92 valence electrons. The van der Waals surface area contributed by atoms with Crippen molar-refractivity contribution >= 4 is 5.82 Å². The number of rotatable bonds is 3. The maximum atomic E-state index is 12.1. The van der Waals surface area contributed by atoms with Gasteiger partial charge in [0.2, 0.25) is 0 Å². The van der Waals surface area contributed by atoms with Crippen LogP contribution in [0.1, 0.15) is 32.8 Å². The van der Waals surface area contributed by atoms with E-state index in [0.717, 1.165) is 18.7 Å². The number of nitrogens with one attached hydrogen (secondary N) is 1. The van der Waals surface area contributed by atoms with Gasteiger partial charge in [0.1, 0.15) is 5.82 Å². The van der Waals surface area contributed by atoms with Crippen molar-refractivity contribution in [2.75, 3.05) is 11.9 Å². The van der Waals surface area contributed by atoms with Crippen LogP contribution < -0.4 is 5.32 Å². The molecule has 1 aromatic rings. The maximum absolute atomic E-state index is 12.1. The average Bonchev–Trinajstić information content (AvgIpc) is 2.28. The van der Waals surface area contributed by atoms with E-state index in [9.17, 15) is 13.2 Å². The van der Waals surface area contributed by atoms with Gasteiger partial charge in [0, 0.05) is 12.7 Å². The highest BCUT2D eigenvalue weighted by molar-refractivity contribution is 5.35. The van der Waals surface area contributed by atoms with Crippen LogP contribution in [-0.4, -0.2) is 11.5 Å². The van der Waals surface area contributed by atoms with E-state index in [4.69, 9.17) is 0 Å². The summed E-state index contributed by atoms with van der Waals surface area (Å²) in [5.41, 5.74) is -0.723. The summed E-state index contributed by atoms with van der Waals surface area (Å²) in [6, 6.07) is 2.35. The molecule has 1 aromatic heterocycles. The summed E-state index contributed by atoms with van der Waals surface area (Å²) in [6.07, 6.45) is -2.57. The van der Waals surface area contributed by atoms with Crippen LogP contribution in [0.4, 0.5) is 19.0 Å². The van der Waals surface area contributed by atoms with Crippen molar-refractivity contribution in [1.29, 1.82) is 0 Å². The van der Waals surface area contributed by atoms with Gasteiger partial charge < -0.3 is 5.32 Å². The summed E-state index contributed by atoms with van der Waals surface area (Å²) < 4.78 is 36.3. The molecule has 0 aliphatic heterocycles. The zero-order chi connectivity index (χ0) is 12.6. The van der Waals surface area contributed by atoms with E-state index in [0.29, 0.717) is 12.4 Å². The van der Waals surface area contributed by atoms with Gasteiger partial charge in [-0.25, -0.2) is 4.98 Å². The van der Waals surface area contributed by atoms with E-state index in [1.165, 1.54) is 6.07 Å². The van der Waals surface area contributed by atoms with E-state index in [1.54, 1.807) is 0 Å². The first-order valence-corrected chi connectivity index (χ1v) is 5.31. The minimum Gasteiger partial charge on any atom is -0.370 e. The molecule has 0 unspecified atom stereocenters. The Balaban J connectivity index is 0.00000106. The molecule has 0 fully saturated rings. The molecule has 2 nitrogen and oxygen atoms in total. The third-order valence-electron chi connectivity index (χ3n) is 1.65. The summed E-state index contributed by atoms with van der Waals surface area (Å²) in [5, 5.41) is 2.89. The third-order valence-corrected chi connectivity index (χ3v) is 1.65. The van der Waals surface area contributed by atoms with Crippen molar-refractivity contribution < 1.29 is 13.2 Å². The van der Waals surface area contributed by atoms with Crippen LogP contribution in [0.3, 0.4) is 0 Å². The standard InChI is InChI=1S/C9H11F3N2.C2H6/c1-2-5-13-8-4-3-7(6-14-8)9(10,11)12;1-2/h3-4,6H,2,5H2,1H3,(H,13,14);1-2H3. The summed E-state index contributed by atoms with van der Waals surface area (Å²) in [6.45, 7) is 6.68. The lowest BCUT2D eigenvalue weighted by atomic mass is 10.3. The van der Waals surface area contributed by atoms with Crippen LogP contribution in [0, 0.1) is 0 Å². The Morgan fingerprint density at radius 1 is 1.25 bits per heavy atom. The quantitative estimate of drug-likeness (QED) is 0.856. The zero-order valence-electron chi connectivity index (χ0n) is 9.73. The first kappa shape index (κ1) is 14.7. The molecular formula is C11H17F3N2. The number of hydrogen-bond donors (Lipinski definition) is 1. The molecule has 0 radical (unpaired) electrons. The summed E-state index contributed by atoms with van der Waals surface area (Å²) in [5.74, 6) is 0.472. The highest BCUT2D eigenvalue weighted by atomic mass is 19.4. The smallest absolute Gasteiger partial charge is 0.370 e. The van der Waals surface area contributed by atoms with Gasteiger partial charge >= 0.3 is 6.18 Å². The molecule has 0 atom stereocenters. The monoisotopic (exact) mass is 234 g/mol. The van der Waals surface area contributed by atoms with Crippen LogP contribution >= 0.6 is 0 Å². The molecule has 5 heteroatoms. The van der Waals surface area contributed by atoms with E-state index < -0.39 is 11.7 Å². The molecule has 0 saturated heterocycles. The fourth-order valence-electron chi connectivity index (χ4n) is 0.919. The highest BCUT2D eigenvalue weighted by Crippen LogP contribution is 2.28. The van der Waals surface area contributed by atoms with Crippen molar-refractivity contribution in [3.8, 4) is 0 Å². The maximum Gasteiger partial charge on any atom is 0.417 e. The van der Waals surface area contributed by atoms with Crippen LogP contribution in [0.5, 0.6) is 0 Å². The number of nitrogens with zero attached hydrogens (tertiary/aromatic N) is 1. The molecule has 0 saturated carbocycles. The third kappa shape index (κ3) is 5.00. The molecule has 0 aromatic carbocycles. The van der Waals surface area contributed by atoms with E-state index in [2.05, 4.69) is 10.3 Å². The Morgan fingerprint density at radius 3 is 2.25 bits per heavy atom. The lowest BCUT2D eigenvalue weighted by Gasteiger charge is -2.07. The Morgan fingerprint density at radius 2 is 1.88 bits per heavy atom. The second kappa shape index (κ2) is 7.09. The van der Waals surface area contributed by atoms with Crippen LogP contribution in [0.25, 0.3) is 0 Å². The lowest BCUT2D eigenvalue weighted by molar-refractivity contribution is -0.137. The fraction of sp³-hybridized carbons (Fsp3) is 0.545. The van der Waals surface area contributed by atoms with Gasteiger partial charge in [0.25, 0.3) is 0 Å². The predicted molar refractivity (Wildman–Crippen MR) is 59.4 cm³/mol. The van der Waals surface area contributed by atoms with Gasteiger partial charge in [-0.3, -0.25) is 0 Å². The van der Waals surface area contributed by atoms with Crippen molar-refractivity contribution in [2.45, 2.75) is 33.4 Å². The molecule has 0 bridgehead atoms. The van der Waals surface area contributed by atoms with Crippen molar-refractivity contribution in [3.63, 3.8) is 0 Å². The van der Waals surface area contributed by atoms with Gasteiger partial charge in [-0.2, -0.15) is 13.2 Å². The second-order valence-corrected chi connectivity index (χ2v) is 2.86. The minimum atomic E-state index is -4.31. The molecule has 1 N–H and O–H groups in total. The lowest BCUT2D eigenvalue weighted by Crippen LogP contribution is -2.07. The molecule has 0 spiro atoms. The van der Waals surface area contributed by atoms with E-state index in [1.807, 2.05) is 20.8 Å². The molecule has 0 aliphatic carbocycles. The Kier molecular flexibility index (Phi) is 6.53. The molecule has 0 amide bonds. The number of hydrogen-bond acceptors (Lipinski definition) is 2. The summed E-state index contributed by atoms with van der Waals surface area (Å²) in [7, 11) is 0. The van der Waals surface area contributed by atoms with Crippen molar-refractivity contribution in [3.05, 3.63) is 23.9 Å². The number of aromatic nitrogens is 1. The Hall–Kier alpha value is -1.26. The normalized spacial score (nSPS) is 10.4. The van der Waals surface area contributed by atoms with E-state index >= 15 is 0 Å².